The van der Waals surface area contributed by atoms with Crippen LogP contribution in [-0.2, 0) is 0 Å². The van der Waals surface area contributed by atoms with E-state index in [0.29, 0.717) is 23.7 Å². The molecule has 66 heavy (non-hydrogen) atoms. The van der Waals surface area contributed by atoms with Gasteiger partial charge in [-0.05, 0) is 160 Å². The average molecular weight is 861 g/mol. The molecule has 0 unspecified atom stereocenters. The summed E-state index contributed by atoms with van der Waals surface area (Å²) in [5, 5.41) is 8.78. The number of rotatable bonds is 10. The van der Waals surface area contributed by atoms with Gasteiger partial charge >= 0.3 is 0 Å². The van der Waals surface area contributed by atoms with Crippen molar-refractivity contribution in [1.82, 2.24) is 0 Å². The number of nitrogens with zero attached hydrogens (tertiary/aromatic N) is 2. The normalized spacial score (nSPS) is 12.2. The number of furan rings is 2. The molecule has 0 aliphatic carbocycles. The molecule has 326 valence electrons. The van der Waals surface area contributed by atoms with Crippen molar-refractivity contribution in [1.29, 1.82) is 0 Å². The first-order valence-corrected chi connectivity index (χ1v) is 23.7. The Balaban J connectivity index is 0.975. The van der Waals surface area contributed by atoms with E-state index in [0.717, 1.165) is 99.5 Å². The van der Waals surface area contributed by atoms with Crippen LogP contribution < -0.4 is 9.80 Å². The van der Waals surface area contributed by atoms with E-state index in [4.69, 9.17) is 8.83 Å². The molecule has 4 heteroatoms. The Morgan fingerprint density at radius 1 is 0.273 bits per heavy atom. The van der Waals surface area contributed by atoms with Gasteiger partial charge in [-0.3, -0.25) is 0 Å². The van der Waals surface area contributed by atoms with E-state index in [2.05, 4.69) is 235 Å². The van der Waals surface area contributed by atoms with E-state index in [1.165, 1.54) is 22.3 Å². The highest BCUT2D eigenvalue weighted by Gasteiger charge is 2.20. The molecular formula is C62H56N2O2. The molecule has 2 aromatic heterocycles. The van der Waals surface area contributed by atoms with Gasteiger partial charge in [0.2, 0.25) is 0 Å². The van der Waals surface area contributed by atoms with E-state index in [1.807, 2.05) is 0 Å². The highest BCUT2D eigenvalue weighted by atomic mass is 16.3. The fourth-order valence-electron chi connectivity index (χ4n) is 9.80. The van der Waals surface area contributed by atoms with E-state index in [9.17, 15) is 0 Å². The summed E-state index contributed by atoms with van der Waals surface area (Å²) < 4.78 is 13.6. The maximum absolute atomic E-state index is 6.79. The standard InChI is InChI=1S/C62H56N2O2/c1-37(2)41-9-19-47(20-10-41)63(48-21-11-42(12-22-48)38(3)4)51-27-31-53-45(33-51)17-29-55-57-35-58-56-30-18-46-34-52(28-32-54(46)62(56)66-60(58)36-59(57)65-61(53)55)64(49-23-13-43(14-24-49)39(5)6)50-25-15-44(16-26-50)40(7)8/h9-40H,1-8H3. The van der Waals surface area contributed by atoms with Gasteiger partial charge in [0.1, 0.15) is 22.3 Å². The molecule has 0 fully saturated rings. The van der Waals surface area contributed by atoms with Crippen molar-refractivity contribution in [2.24, 2.45) is 0 Å². The van der Waals surface area contributed by atoms with Crippen molar-refractivity contribution in [2.75, 3.05) is 9.80 Å². The molecule has 0 radical (unpaired) electrons. The minimum atomic E-state index is 0.468. The SMILES string of the molecule is CC(C)c1ccc(N(c2ccc(C(C)C)cc2)c2ccc3c(ccc4c5cc6c(cc5oc34)oc3c4ccc(N(c5ccc(C(C)C)cc5)c5ccc(C(C)C)cc5)cc4ccc63)c2)cc1. The Labute approximate surface area is 387 Å². The topological polar surface area (TPSA) is 32.8 Å². The van der Waals surface area contributed by atoms with E-state index in [1.54, 1.807) is 0 Å². The van der Waals surface area contributed by atoms with E-state index >= 15 is 0 Å². The molecule has 0 spiro atoms. The average Bonchev–Trinajstić information content (AvgIpc) is 3.89. The molecular weight excluding hydrogens is 805 g/mol. The Morgan fingerprint density at radius 3 is 0.864 bits per heavy atom. The molecule has 0 N–H and O–H groups in total. The number of benzene rings is 9. The molecule has 0 atom stereocenters. The molecule has 11 rings (SSSR count). The van der Waals surface area contributed by atoms with Crippen molar-refractivity contribution in [3.8, 4) is 0 Å². The predicted octanol–water partition coefficient (Wildman–Crippen LogP) is 19.2. The van der Waals surface area contributed by atoms with Gasteiger partial charge in [-0.2, -0.15) is 0 Å². The molecule has 11 aromatic rings. The van der Waals surface area contributed by atoms with E-state index < -0.39 is 0 Å². The summed E-state index contributed by atoms with van der Waals surface area (Å²) in [6.07, 6.45) is 0. The molecule has 4 nitrogen and oxygen atoms in total. The largest absolute Gasteiger partial charge is 0.455 e. The lowest BCUT2D eigenvalue weighted by Crippen LogP contribution is -2.10. The Bertz CT molecular complexity index is 3230. The minimum Gasteiger partial charge on any atom is -0.455 e. The lowest BCUT2D eigenvalue weighted by molar-refractivity contribution is 0.660. The first-order valence-electron chi connectivity index (χ1n) is 23.7. The van der Waals surface area contributed by atoms with Gasteiger partial charge in [0.05, 0.1) is 0 Å². The Morgan fingerprint density at radius 2 is 0.561 bits per heavy atom. The van der Waals surface area contributed by atoms with Gasteiger partial charge in [0, 0.05) is 72.5 Å². The van der Waals surface area contributed by atoms with Crippen molar-refractivity contribution >= 4 is 99.5 Å². The molecule has 0 amide bonds. The zero-order valence-corrected chi connectivity index (χ0v) is 39.2. The van der Waals surface area contributed by atoms with Crippen LogP contribution in [0.1, 0.15) is 101 Å². The third kappa shape index (κ3) is 7.16. The van der Waals surface area contributed by atoms with Crippen LogP contribution >= 0.6 is 0 Å². The molecule has 0 aliphatic heterocycles. The fourth-order valence-corrected chi connectivity index (χ4v) is 9.80. The second-order valence-electron chi connectivity index (χ2n) is 19.4. The maximum Gasteiger partial charge on any atom is 0.143 e. The third-order valence-corrected chi connectivity index (χ3v) is 13.8. The molecule has 0 bridgehead atoms. The van der Waals surface area contributed by atoms with Gasteiger partial charge in [-0.15, -0.1) is 0 Å². The third-order valence-electron chi connectivity index (χ3n) is 13.8. The second kappa shape index (κ2) is 16.3. The molecule has 0 saturated heterocycles. The smallest absolute Gasteiger partial charge is 0.143 e. The van der Waals surface area contributed by atoms with Crippen LogP contribution in [-0.4, -0.2) is 0 Å². The van der Waals surface area contributed by atoms with Gasteiger partial charge in [0.15, 0.2) is 0 Å². The summed E-state index contributed by atoms with van der Waals surface area (Å²) in [5.74, 6) is 1.87. The maximum atomic E-state index is 6.79. The number of fused-ring (bicyclic) bond motifs is 10. The first kappa shape index (κ1) is 41.4. The zero-order chi connectivity index (χ0) is 45.4. The van der Waals surface area contributed by atoms with Crippen LogP contribution in [0.25, 0.3) is 65.4 Å². The fraction of sp³-hybridized carbons (Fsp3) is 0.194. The van der Waals surface area contributed by atoms with Crippen molar-refractivity contribution in [3.63, 3.8) is 0 Å². The quantitative estimate of drug-likeness (QED) is 0.137. The van der Waals surface area contributed by atoms with Crippen molar-refractivity contribution in [3.05, 3.63) is 192 Å². The van der Waals surface area contributed by atoms with Gasteiger partial charge in [-0.25, -0.2) is 0 Å². The summed E-state index contributed by atoms with van der Waals surface area (Å²) in [6.45, 7) is 17.9. The zero-order valence-electron chi connectivity index (χ0n) is 39.2. The number of anilines is 6. The van der Waals surface area contributed by atoms with Crippen LogP contribution in [0.3, 0.4) is 0 Å². The summed E-state index contributed by atoms with van der Waals surface area (Å²) in [7, 11) is 0. The highest BCUT2D eigenvalue weighted by molar-refractivity contribution is 6.22. The van der Waals surface area contributed by atoms with Gasteiger partial charge in [0.25, 0.3) is 0 Å². The summed E-state index contributed by atoms with van der Waals surface area (Å²) in [6, 6.07) is 62.7. The van der Waals surface area contributed by atoms with Crippen LogP contribution in [0, 0.1) is 0 Å². The highest BCUT2D eigenvalue weighted by Crippen LogP contribution is 2.44. The van der Waals surface area contributed by atoms with Crippen LogP contribution in [0.4, 0.5) is 34.1 Å². The van der Waals surface area contributed by atoms with Gasteiger partial charge < -0.3 is 18.6 Å². The van der Waals surface area contributed by atoms with Crippen molar-refractivity contribution < 1.29 is 8.83 Å². The monoisotopic (exact) mass is 860 g/mol. The van der Waals surface area contributed by atoms with Crippen LogP contribution in [0.2, 0.25) is 0 Å². The lowest BCUT2D eigenvalue weighted by atomic mass is 10.0. The van der Waals surface area contributed by atoms with E-state index in [-0.39, 0.29) is 0 Å². The molecule has 9 aromatic carbocycles. The summed E-state index contributed by atoms with van der Waals surface area (Å²) in [5.41, 5.74) is 15.5. The van der Waals surface area contributed by atoms with Crippen LogP contribution in [0.5, 0.6) is 0 Å². The Kier molecular flexibility index (Phi) is 10.2. The molecule has 0 saturated carbocycles. The second-order valence-corrected chi connectivity index (χ2v) is 19.4. The molecule has 0 aliphatic rings. The predicted molar refractivity (Wildman–Crippen MR) is 282 cm³/mol. The van der Waals surface area contributed by atoms with Gasteiger partial charge in [-0.1, -0.05) is 116 Å². The lowest BCUT2D eigenvalue weighted by Gasteiger charge is -2.26. The van der Waals surface area contributed by atoms with Crippen molar-refractivity contribution in [2.45, 2.75) is 79.1 Å². The summed E-state index contributed by atoms with van der Waals surface area (Å²) >= 11 is 0. The first-order chi connectivity index (χ1) is 32.0. The minimum absolute atomic E-state index is 0.468. The number of hydrogen-bond acceptors (Lipinski definition) is 4. The van der Waals surface area contributed by atoms with Crippen LogP contribution in [0.15, 0.2) is 179 Å². The Hall–Kier alpha value is -7.30. The number of hydrogen-bond donors (Lipinski definition) is 0. The summed E-state index contributed by atoms with van der Waals surface area (Å²) in [4.78, 5) is 4.71. The molecule has 2 heterocycles.